The Morgan fingerprint density at radius 2 is 1.95 bits per heavy atom. The molecule has 122 valence electrons. The van der Waals surface area contributed by atoms with Gasteiger partial charge < -0.3 is 14.3 Å². The van der Waals surface area contributed by atoms with Crippen LogP contribution in [-0.4, -0.2) is 25.5 Å². The molecule has 1 aromatic rings. The van der Waals surface area contributed by atoms with Crippen molar-refractivity contribution in [1.29, 1.82) is 0 Å². The van der Waals surface area contributed by atoms with Gasteiger partial charge in [0.05, 0.1) is 14.1 Å². The van der Waals surface area contributed by atoms with Crippen LogP contribution in [-0.2, 0) is 4.84 Å². The summed E-state index contributed by atoms with van der Waals surface area (Å²) in [5.41, 5.74) is 1.76. The average molecular weight is 456 g/mol. The number of aryl methyl sites for hydroxylation is 1. The van der Waals surface area contributed by atoms with Crippen molar-refractivity contribution in [3.8, 4) is 11.5 Å². The highest BCUT2D eigenvalue weighted by molar-refractivity contribution is 9.28. The molecule has 7 heteroatoms. The van der Waals surface area contributed by atoms with Crippen LogP contribution in [0.1, 0.15) is 19.4 Å². The summed E-state index contributed by atoms with van der Waals surface area (Å²) in [5.74, 6) is 1.32. The lowest BCUT2D eigenvalue weighted by molar-refractivity contribution is 0.106. The first kappa shape index (κ1) is 19.3. The third-order valence-electron chi connectivity index (χ3n) is 2.36. The van der Waals surface area contributed by atoms with Gasteiger partial charge in [-0.05, 0) is 70.3 Å². The molecule has 0 N–H and O–H groups in total. The zero-order valence-electron chi connectivity index (χ0n) is 12.7. The average Bonchev–Trinajstić information content (AvgIpc) is 2.40. The maximum atomic E-state index is 6.23. The van der Waals surface area contributed by atoms with Crippen LogP contribution in [0.2, 0.25) is 5.02 Å². The lowest BCUT2D eigenvalue weighted by Gasteiger charge is -2.13. The van der Waals surface area contributed by atoms with E-state index < -0.39 is 0 Å². The van der Waals surface area contributed by atoms with Crippen molar-refractivity contribution in [1.82, 2.24) is 0 Å². The quantitative estimate of drug-likeness (QED) is 0.297. The van der Waals surface area contributed by atoms with Crippen molar-refractivity contribution >= 4 is 49.2 Å². The second-order valence-corrected chi connectivity index (χ2v) is 7.76. The standard InChI is InChI=1S/C15H18Br2ClNO3/c1-10(2)19-22-7-6-21-15-11(3)8-12(9-13(15)18)20-5-4-14(16)17/h4,8-9H,5-7H2,1-3H3. The van der Waals surface area contributed by atoms with Gasteiger partial charge in [0, 0.05) is 6.07 Å². The molecular formula is C15H18Br2ClNO3. The predicted molar refractivity (Wildman–Crippen MR) is 97.9 cm³/mol. The van der Waals surface area contributed by atoms with Crippen molar-refractivity contribution in [3.05, 3.63) is 32.2 Å². The summed E-state index contributed by atoms with van der Waals surface area (Å²) in [4.78, 5) is 5.08. The van der Waals surface area contributed by atoms with Gasteiger partial charge in [-0.15, -0.1) is 0 Å². The molecular weight excluding hydrogens is 437 g/mol. The van der Waals surface area contributed by atoms with E-state index >= 15 is 0 Å². The number of hydrogen-bond donors (Lipinski definition) is 0. The normalized spacial score (nSPS) is 9.91. The van der Waals surface area contributed by atoms with E-state index in [0.717, 1.165) is 14.7 Å². The second kappa shape index (κ2) is 10.1. The number of rotatable bonds is 8. The van der Waals surface area contributed by atoms with Crippen LogP contribution >= 0.6 is 43.5 Å². The van der Waals surface area contributed by atoms with Gasteiger partial charge >= 0.3 is 0 Å². The fraction of sp³-hybridized carbons (Fsp3) is 0.400. The maximum Gasteiger partial charge on any atom is 0.151 e. The molecule has 0 aliphatic rings. The van der Waals surface area contributed by atoms with E-state index in [1.807, 2.05) is 32.9 Å². The summed E-state index contributed by atoms with van der Waals surface area (Å²) in [6.07, 6.45) is 1.85. The highest BCUT2D eigenvalue weighted by Crippen LogP contribution is 2.33. The van der Waals surface area contributed by atoms with E-state index in [4.69, 9.17) is 25.9 Å². The molecule has 0 radical (unpaired) electrons. The predicted octanol–water partition coefficient (Wildman–Crippen LogP) is 5.45. The number of nitrogens with zero attached hydrogens (tertiary/aromatic N) is 1. The van der Waals surface area contributed by atoms with Crippen LogP contribution < -0.4 is 9.47 Å². The molecule has 0 heterocycles. The van der Waals surface area contributed by atoms with E-state index in [9.17, 15) is 0 Å². The Hall–Kier alpha value is -0.720. The largest absolute Gasteiger partial charge is 0.489 e. The molecule has 0 spiro atoms. The van der Waals surface area contributed by atoms with Crippen LogP contribution in [0.3, 0.4) is 0 Å². The van der Waals surface area contributed by atoms with Gasteiger partial charge in [0.25, 0.3) is 0 Å². The fourth-order valence-electron chi connectivity index (χ4n) is 1.52. The molecule has 0 aliphatic heterocycles. The molecule has 0 amide bonds. The molecule has 1 aromatic carbocycles. The molecule has 0 saturated heterocycles. The Balaban J connectivity index is 2.58. The summed E-state index contributed by atoms with van der Waals surface area (Å²) in [5, 5.41) is 4.34. The Morgan fingerprint density at radius 3 is 2.55 bits per heavy atom. The summed E-state index contributed by atoms with van der Waals surface area (Å²) in [6.45, 7) is 6.82. The highest BCUT2D eigenvalue weighted by Gasteiger charge is 2.09. The van der Waals surface area contributed by atoms with E-state index in [0.29, 0.717) is 36.3 Å². The third-order valence-corrected chi connectivity index (χ3v) is 3.29. The minimum Gasteiger partial charge on any atom is -0.489 e. The molecule has 0 aliphatic carbocycles. The van der Waals surface area contributed by atoms with E-state index in [1.165, 1.54) is 0 Å². The smallest absolute Gasteiger partial charge is 0.151 e. The first-order valence-corrected chi connectivity index (χ1v) is 8.56. The molecule has 0 atom stereocenters. The zero-order valence-corrected chi connectivity index (χ0v) is 16.6. The fourth-order valence-corrected chi connectivity index (χ4v) is 2.10. The third kappa shape index (κ3) is 7.51. The Morgan fingerprint density at radius 1 is 1.23 bits per heavy atom. The van der Waals surface area contributed by atoms with Crippen molar-refractivity contribution in [2.75, 3.05) is 19.8 Å². The zero-order chi connectivity index (χ0) is 16.5. The van der Waals surface area contributed by atoms with Crippen molar-refractivity contribution in [3.63, 3.8) is 0 Å². The first-order chi connectivity index (χ1) is 10.4. The van der Waals surface area contributed by atoms with Gasteiger partial charge in [0.2, 0.25) is 0 Å². The van der Waals surface area contributed by atoms with Gasteiger partial charge in [-0.3, -0.25) is 0 Å². The summed E-state index contributed by atoms with van der Waals surface area (Å²) in [6, 6.07) is 3.61. The minimum absolute atomic E-state index is 0.364. The van der Waals surface area contributed by atoms with Crippen LogP contribution in [0.25, 0.3) is 0 Å². The van der Waals surface area contributed by atoms with Crippen LogP contribution in [0.4, 0.5) is 0 Å². The number of oxime groups is 1. The van der Waals surface area contributed by atoms with Gasteiger partial charge in [-0.1, -0.05) is 16.8 Å². The number of halogens is 3. The molecule has 0 saturated carbocycles. The summed E-state index contributed by atoms with van der Waals surface area (Å²) < 4.78 is 12.1. The van der Waals surface area contributed by atoms with Gasteiger partial charge in [-0.2, -0.15) is 0 Å². The molecule has 22 heavy (non-hydrogen) atoms. The molecule has 4 nitrogen and oxygen atoms in total. The minimum atomic E-state index is 0.364. The second-order valence-electron chi connectivity index (χ2n) is 4.58. The van der Waals surface area contributed by atoms with Crippen LogP contribution in [0, 0.1) is 6.92 Å². The Bertz CT molecular complexity index is 531. The Labute approximate surface area is 152 Å². The van der Waals surface area contributed by atoms with Gasteiger partial charge in [0.15, 0.2) is 6.61 Å². The van der Waals surface area contributed by atoms with Crippen LogP contribution in [0.5, 0.6) is 11.5 Å². The molecule has 0 aromatic heterocycles. The topological polar surface area (TPSA) is 40.0 Å². The highest BCUT2D eigenvalue weighted by atomic mass is 79.9. The number of ether oxygens (including phenoxy) is 2. The van der Waals surface area contributed by atoms with Gasteiger partial charge in [0.1, 0.15) is 24.7 Å². The summed E-state index contributed by atoms with van der Waals surface area (Å²) >= 11 is 12.8. The van der Waals surface area contributed by atoms with Crippen LogP contribution in [0.15, 0.2) is 26.8 Å². The molecule has 0 fully saturated rings. The monoisotopic (exact) mass is 453 g/mol. The van der Waals surface area contributed by atoms with Crippen molar-refractivity contribution in [2.45, 2.75) is 20.8 Å². The number of hydrogen-bond acceptors (Lipinski definition) is 4. The van der Waals surface area contributed by atoms with E-state index in [1.54, 1.807) is 6.07 Å². The summed E-state index contributed by atoms with van der Waals surface area (Å²) in [7, 11) is 0. The maximum absolute atomic E-state index is 6.23. The Kier molecular flexibility index (Phi) is 8.90. The molecule has 0 bridgehead atoms. The van der Waals surface area contributed by atoms with Crippen molar-refractivity contribution < 1.29 is 14.3 Å². The molecule has 0 unspecified atom stereocenters. The SMILES string of the molecule is CC(C)=NOCCOc1c(C)cc(OCC=C(Br)Br)cc1Cl. The lowest BCUT2D eigenvalue weighted by atomic mass is 10.2. The molecule has 1 rings (SSSR count). The van der Waals surface area contributed by atoms with E-state index in [2.05, 4.69) is 37.0 Å². The van der Waals surface area contributed by atoms with E-state index in [-0.39, 0.29) is 0 Å². The van der Waals surface area contributed by atoms with Gasteiger partial charge in [-0.25, -0.2) is 0 Å². The first-order valence-electron chi connectivity index (χ1n) is 6.60. The lowest BCUT2D eigenvalue weighted by Crippen LogP contribution is -2.06. The van der Waals surface area contributed by atoms with Crippen molar-refractivity contribution in [2.24, 2.45) is 5.16 Å². The number of benzene rings is 1.